The van der Waals surface area contributed by atoms with Gasteiger partial charge in [-0.3, -0.25) is 5.41 Å². The molecule has 19 heavy (non-hydrogen) atoms. The first kappa shape index (κ1) is 13.7. The highest BCUT2D eigenvalue weighted by atomic mass is 15.1. The fourth-order valence-electron chi connectivity index (χ4n) is 2.40. The summed E-state index contributed by atoms with van der Waals surface area (Å²) in [5, 5.41) is 10.4. The van der Waals surface area contributed by atoms with E-state index in [1.807, 2.05) is 0 Å². The highest BCUT2D eigenvalue weighted by Gasteiger charge is 2.15. The zero-order chi connectivity index (χ0) is 13.7. The minimum absolute atomic E-state index is 0.228. The molecule has 0 spiro atoms. The molecule has 1 aliphatic rings. The van der Waals surface area contributed by atoms with Crippen molar-refractivity contribution < 1.29 is 0 Å². The number of nitrogens with one attached hydrogen (secondary N) is 2. The molecular formula is C15H24N4. The van der Waals surface area contributed by atoms with Gasteiger partial charge in [-0.25, -0.2) is 0 Å². The van der Waals surface area contributed by atoms with E-state index >= 15 is 0 Å². The van der Waals surface area contributed by atoms with Crippen molar-refractivity contribution in [2.45, 2.75) is 26.2 Å². The molecule has 0 aromatic heterocycles. The van der Waals surface area contributed by atoms with Gasteiger partial charge in [0.05, 0.1) is 5.84 Å². The first-order valence-electron chi connectivity index (χ1n) is 7.07. The highest BCUT2D eigenvalue weighted by Crippen LogP contribution is 2.24. The number of nitrogens with zero attached hydrogens (tertiary/aromatic N) is 1. The maximum atomic E-state index is 7.18. The van der Waals surface area contributed by atoms with Crippen LogP contribution in [0, 0.1) is 11.3 Å². The number of hydrogen-bond acceptors (Lipinski definition) is 3. The number of anilines is 2. The van der Waals surface area contributed by atoms with Crippen molar-refractivity contribution in [1.82, 2.24) is 0 Å². The average Bonchev–Trinajstić information content (AvgIpc) is 2.40. The molecule has 1 aliphatic heterocycles. The van der Waals surface area contributed by atoms with Gasteiger partial charge >= 0.3 is 0 Å². The van der Waals surface area contributed by atoms with Gasteiger partial charge in [0.1, 0.15) is 0 Å². The molecule has 1 fully saturated rings. The van der Waals surface area contributed by atoms with Crippen LogP contribution in [-0.2, 0) is 0 Å². The van der Waals surface area contributed by atoms with Crippen LogP contribution in [0.1, 0.15) is 26.2 Å². The lowest BCUT2D eigenvalue weighted by molar-refractivity contribution is 0.438. The minimum atomic E-state index is 0.228. The fraction of sp³-hybridized carbons (Fsp3) is 0.533. The third kappa shape index (κ3) is 4.16. The molecule has 1 aromatic rings. The van der Waals surface area contributed by atoms with E-state index in [0.717, 1.165) is 31.2 Å². The zero-order valence-electron chi connectivity index (χ0n) is 11.7. The van der Waals surface area contributed by atoms with Gasteiger partial charge in [0.2, 0.25) is 0 Å². The molecule has 0 unspecified atom stereocenters. The molecule has 104 valence electrons. The number of rotatable bonds is 5. The lowest BCUT2D eigenvalue weighted by Crippen LogP contribution is -2.32. The van der Waals surface area contributed by atoms with Crippen LogP contribution in [0.25, 0.3) is 0 Å². The van der Waals surface area contributed by atoms with Crippen molar-refractivity contribution >= 4 is 17.2 Å². The SMILES string of the molecule is CC1CCN(c2ccc(NCCC(=N)N)cc2)CC1. The molecule has 0 atom stereocenters. The Bertz CT molecular complexity index is 405. The Hall–Kier alpha value is -1.71. The van der Waals surface area contributed by atoms with Crippen LogP contribution < -0.4 is 16.0 Å². The molecule has 0 amide bonds. The highest BCUT2D eigenvalue weighted by molar-refractivity contribution is 5.77. The molecule has 1 heterocycles. The minimum Gasteiger partial charge on any atom is -0.388 e. The Balaban J connectivity index is 1.85. The summed E-state index contributed by atoms with van der Waals surface area (Å²) < 4.78 is 0. The fourth-order valence-corrected chi connectivity index (χ4v) is 2.40. The van der Waals surface area contributed by atoms with Crippen molar-refractivity contribution in [2.75, 3.05) is 29.9 Å². The van der Waals surface area contributed by atoms with E-state index in [-0.39, 0.29) is 5.84 Å². The smallest absolute Gasteiger partial charge is 0.0923 e. The van der Waals surface area contributed by atoms with Gasteiger partial charge < -0.3 is 16.0 Å². The van der Waals surface area contributed by atoms with E-state index in [9.17, 15) is 0 Å². The predicted octanol–water partition coefficient (Wildman–Crippen LogP) is 2.66. The third-order valence-corrected chi connectivity index (χ3v) is 3.74. The molecule has 1 saturated heterocycles. The lowest BCUT2D eigenvalue weighted by Gasteiger charge is -2.32. The van der Waals surface area contributed by atoms with E-state index in [1.54, 1.807) is 0 Å². The first-order chi connectivity index (χ1) is 9.15. The summed E-state index contributed by atoms with van der Waals surface area (Å²) in [4.78, 5) is 2.46. The van der Waals surface area contributed by atoms with E-state index in [1.165, 1.54) is 18.5 Å². The second kappa shape index (κ2) is 6.45. The lowest BCUT2D eigenvalue weighted by atomic mass is 9.99. The second-order valence-corrected chi connectivity index (χ2v) is 5.42. The molecule has 4 heteroatoms. The van der Waals surface area contributed by atoms with Crippen molar-refractivity contribution in [3.05, 3.63) is 24.3 Å². The maximum Gasteiger partial charge on any atom is 0.0923 e. The van der Waals surface area contributed by atoms with Crippen molar-refractivity contribution in [3.63, 3.8) is 0 Å². The number of nitrogens with two attached hydrogens (primary N) is 1. The third-order valence-electron chi connectivity index (χ3n) is 3.74. The Labute approximate surface area is 115 Å². The van der Waals surface area contributed by atoms with Crippen molar-refractivity contribution in [3.8, 4) is 0 Å². The Kier molecular flexibility index (Phi) is 4.66. The van der Waals surface area contributed by atoms with Crippen LogP contribution in [-0.4, -0.2) is 25.5 Å². The summed E-state index contributed by atoms with van der Waals surface area (Å²) >= 11 is 0. The normalized spacial score (nSPS) is 16.4. The van der Waals surface area contributed by atoms with Crippen LogP contribution in [0.2, 0.25) is 0 Å². The molecule has 4 nitrogen and oxygen atoms in total. The summed E-state index contributed by atoms with van der Waals surface area (Å²) in [6, 6.07) is 8.55. The number of benzene rings is 1. The standard InChI is InChI=1S/C15H24N4/c1-12-7-10-19(11-8-12)14-4-2-13(3-5-14)18-9-6-15(16)17/h2-5,12,18H,6-11H2,1H3,(H3,16,17). The Morgan fingerprint density at radius 2 is 1.95 bits per heavy atom. The summed E-state index contributed by atoms with van der Waals surface area (Å²) in [5.41, 5.74) is 7.73. The van der Waals surface area contributed by atoms with Crippen LogP contribution in [0.5, 0.6) is 0 Å². The van der Waals surface area contributed by atoms with Crippen LogP contribution in [0.4, 0.5) is 11.4 Å². The number of hydrogen-bond donors (Lipinski definition) is 3. The van der Waals surface area contributed by atoms with E-state index in [4.69, 9.17) is 11.1 Å². The van der Waals surface area contributed by atoms with Gasteiger partial charge in [-0.05, 0) is 43.0 Å². The van der Waals surface area contributed by atoms with Gasteiger partial charge in [-0.15, -0.1) is 0 Å². The van der Waals surface area contributed by atoms with Gasteiger partial charge in [0, 0.05) is 37.4 Å². The summed E-state index contributed by atoms with van der Waals surface area (Å²) in [5.74, 6) is 1.09. The van der Waals surface area contributed by atoms with E-state index < -0.39 is 0 Å². The summed E-state index contributed by atoms with van der Waals surface area (Å²) in [6.45, 7) is 5.38. The molecular weight excluding hydrogens is 236 g/mol. The van der Waals surface area contributed by atoms with Gasteiger partial charge in [-0.1, -0.05) is 6.92 Å². The van der Waals surface area contributed by atoms with Gasteiger partial charge in [0.25, 0.3) is 0 Å². The topological polar surface area (TPSA) is 65.1 Å². The average molecular weight is 260 g/mol. The second-order valence-electron chi connectivity index (χ2n) is 5.42. The van der Waals surface area contributed by atoms with E-state index in [0.29, 0.717) is 6.42 Å². The molecule has 0 bridgehead atoms. The Morgan fingerprint density at radius 3 is 2.53 bits per heavy atom. The number of amidine groups is 1. The maximum absolute atomic E-state index is 7.18. The summed E-state index contributed by atoms with van der Waals surface area (Å²) in [6.07, 6.45) is 3.17. The van der Waals surface area contributed by atoms with Gasteiger partial charge in [0.15, 0.2) is 0 Å². The van der Waals surface area contributed by atoms with Gasteiger partial charge in [-0.2, -0.15) is 0 Å². The molecule has 1 aromatic carbocycles. The van der Waals surface area contributed by atoms with E-state index in [2.05, 4.69) is 41.4 Å². The zero-order valence-corrected chi connectivity index (χ0v) is 11.7. The molecule has 0 radical (unpaired) electrons. The van der Waals surface area contributed by atoms with Crippen molar-refractivity contribution in [2.24, 2.45) is 11.7 Å². The van der Waals surface area contributed by atoms with Crippen LogP contribution in [0.3, 0.4) is 0 Å². The monoisotopic (exact) mass is 260 g/mol. The Morgan fingerprint density at radius 1 is 1.32 bits per heavy atom. The molecule has 2 rings (SSSR count). The molecule has 0 aliphatic carbocycles. The summed E-state index contributed by atoms with van der Waals surface area (Å²) in [7, 11) is 0. The largest absolute Gasteiger partial charge is 0.388 e. The van der Waals surface area contributed by atoms with Crippen LogP contribution >= 0.6 is 0 Å². The molecule has 4 N–H and O–H groups in total. The predicted molar refractivity (Wildman–Crippen MR) is 82.1 cm³/mol. The van der Waals surface area contributed by atoms with Crippen molar-refractivity contribution in [1.29, 1.82) is 5.41 Å². The number of piperidine rings is 1. The first-order valence-corrected chi connectivity index (χ1v) is 7.07. The van der Waals surface area contributed by atoms with Crippen LogP contribution in [0.15, 0.2) is 24.3 Å². The molecule has 0 saturated carbocycles. The quantitative estimate of drug-likeness (QED) is 0.563.